The highest BCUT2D eigenvalue weighted by Crippen LogP contribution is 2.21. The minimum Gasteiger partial charge on any atom is -0.336 e. The summed E-state index contributed by atoms with van der Waals surface area (Å²) in [5, 5.41) is 0. The van der Waals surface area contributed by atoms with E-state index in [1.165, 1.54) is 0 Å². The zero-order chi connectivity index (χ0) is 17.5. The van der Waals surface area contributed by atoms with Gasteiger partial charge in [-0.05, 0) is 24.6 Å². The Balaban J connectivity index is 2.01. The molecule has 0 spiro atoms. The lowest BCUT2D eigenvalue weighted by atomic mass is 10.1. The van der Waals surface area contributed by atoms with Crippen molar-refractivity contribution in [2.24, 2.45) is 0 Å². The second kappa shape index (κ2) is 8.29. The van der Waals surface area contributed by atoms with Gasteiger partial charge in [-0.1, -0.05) is 48.5 Å². The number of carbonyl (C=O) groups is 2. The van der Waals surface area contributed by atoms with Gasteiger partial charge in [-0.15, -0.1) is 0 Å². The maximum atomic E-state index is 12.4. The monoisotopic (exact) mass is 324 g/mol. The first-order valence-electron chi connectivity index (χ1n) is 8.14. The molecule has 0 bridgehead atoms. The summed E-state index contributed by atoms with van der Waals surface area (Å²) < 4.78 is 0. The summed E-state index contributed by atoms with van der Waals surface area (Å²) in [5.41, 5.74) is 1.92. The van der Waals surface area contributed by atoms with E-state index in [1.807, 2.05) is 67.6 Å². The van der Waals surface area contributed by atoms with Gasteiger partial charge in [-0.3, -0.25) is 9.59 Å². The van der Waals surface area contributed by atoms with E-state index in [-0.39, 0.29) is 17.9 Å². The topological polar surface area (TPSA) is 40.6 Å². The molecule has 0 aliphatic carbocycles. The molecular weight excluding hydrogens is 300 g/mol. The minimum atomic E-state index is -0.0569. The first kappa shape index (κ1) is 17.7. The van der Waals surface area contributed by atoms with Crippen molar-refractivity contribution in [1.82, 2.24) is 4.90 Å². The molecule has 2 rings (SSSR count). The largest absolute Gasteiger partial charge is 0.336 e. The molecule has 2 aromatic rings. The molecule has 0 saturated carbocycles. The third-order valence-electron chi connectivity index (χ3n) is 4.24. The van der Waals surface area contributed by atoms with Crippen LogP contribution in [0.4, 0.5) is 5.69 Å². The number of anilines is 1. The first-order valence-corrected chi connectivity index (χ1v) is 8.14. The van der Waals surface area contributed by atoms with Crippen LogP contribution in [-0.2, 0) is 9.59 Å². The fraction of sp³-hybridized carbons (Fsp3) is 0.300. The van der Waals surface area contributed by atoms with Crippen LogP contribution in [0.15, 0.2) is 60.7 Å². The predicted octanol–water partition coefficient (Wildman–Crippen LogP) is 3.65. The molecule has 1 unspecified atom stereocenters. The van der Waals surface area contributed by atoms with Crippen molar-refractivity contribution in [3.05, 3.63) is 66.2 Å². The van der Waals surface area contributed by atoms with Crippen LogP contribution in [0.25, 0.3) is 0 Å². The molecule has 2 amide bonds. The van der Waals surface area contributed by atoms with Gasteiger partial charge in [-0.2, -0.15) is 0 Å². The molecule has 1 atom stereocenters. The van der Waals surface area contributed by atoms with Crippen molar-refractivity contribution in [2.75, 3.05) is 18.5 Å². The van der Waals surface area contributed by atoms with E-state index in [0.717, 1.165) is 11.3 Å². The van der Waals surface area contributed by atoms with Crippen molar-refractivity contribution in [3.63, 3.8) is 0 Å². The number of hydrogen-bond donors (Lipinski definition) is 0. The number of hydrogen-bond acceptors (Lipinski definition) is 2. The van der Waals surface area contributed by atoms with Gasteiger partial charge >= 0.3 is 0 Å². The smallest absolute Gasteiger partial charge is 0.228 e. The Morgan fingerprint density at radius 3 is 2.04 bits per heavy atom. The van der Waals surface area contributed by atoms with Crippen LogP contribution in [0.5, 0.6) is 0 Å². The maximum absolute atomic E-state index is 12.4. The second-order valence-electron chi connectivity index (χ2n) is 5.84. The minimum absolute atomic E-state index is 0.00675. The summed E-state index contributed by atoms with van der Waals surface area (Å²) in [6.07, 6.45) is 0.294. The second-order valence-corrected chi connectivity index (χ2v) is 5.84. The molecule has 2 aromatic carbocycles. The van der Waals surface area contributed by atoms with Gasteiger partial charge in [0.15, 0.2) is 0 Å². The van der Waals surface area contributed by atoms with Gasteiger partial charge < -0.3 is 9.80 Å². The fourth-order valence-electron chi connectivity index (χ4n) is 2.71. The van der Waals surface area contributed by atoms with E-state index in [0.29, 0.717) is 13.0 Å². The van der Waals surface area contributed by atoms with E-state index in [2.05, 4.69) is 0 Å². The van der Waals surface area contributed by atoms with E-state index in [4.69, 9.17) is 0 Å². The van der Waals surface area contributed by atoms with Crippen molar-refractivity contribution in [1.29, 1.82) is 0 Å². The van der Waals surface area contributed by atoms with Crippen LogP contribution < -0.4 is 4.90 Å². The van der Waals surface area contributed by atoms with E-state index in [1.54, 1.807) is 23.8 Å². The molecule has 0 aliphatic heterocycles. The molecule has 0 saturated heterocycles. The Morgan fingerprint density at radius 1 is 0.958 bits per heavy atom. The van der Waals surface area contributed by atoms with Crippen molar-refractivity contribution in [2.45, 2.75) is 26.3 Å². The average Bonchev–Trinajstić information content (AvgIpc) is 2.62. The lowest BCUT2D eigenvalue weighted by Crippen LogP contribution is -2.36. The Labute approximate surface area is 143 Å². The molecular formula is C20H24N2O2. The summed E-state index contributed by atoms with van der Waals surface area (Å²) in [6.45, 7) is 3.94. The lowest BCUT2D eigenvalue weighted by Gasteiger charge is -2.29. The van der Waals surface area contributed by atoms with Crippen molar-refractivity contribution < 1.29 is 9.59 Å². The van der Waals surface area contributed by atoms with Crippen LogP contribution in [0.3, 0.4) is 0 Å². The standard InChI is InChI=1S/C20H24N2O2/c1-16(18-10-6-4-7-11-18)22(17(2)23)15-14-20(24)21(3)19-12-8-5-9-13-19/h4-13,16H,14-15H2,1-3H3. The van der Waals surface area contributed by atoms with Gasteiger partial charge in [-0.25, -0.2) is 0 Å². The Hall–Kier alpha value is -2.62. The van der Waals surface area contributed by atoms with E-state index < -0.39 is 0 Å². The van der Waals surface area contributed by atoms with Crippen molar-refractivity contribution >= 4 is 17.5 Å². The summed E-state index contributed by atoms with van der Waals surface area (Å²) >= 11 is 0. The first-order chi connectivity index (χ1) is 11.5. The van der Waals surface area contributed by atoms with Crippen molar-refractivity contribution in [3.8, 4) is 0 Å². The molecule has 0 aromatic heterocycles. The summed E-state index contributed by atoms with van der Waals surface area (Å²) in [7, 11) is 1.76. The molecule has 0 aliphatic rings. The SMILES string of the molecule is CC(=O)N(CCC(=O)N(C)c1ccccc1)C(C)c1ccccc1. The summed E-state index contributed by atoms with van der Waals surface area (Å²) in [5.74, 6) is -0.0331. The number of rotatable bonds is 6. The highest BCUT2D eigenvalue weighted by atomic mass is 16.2. The van der Waals surface area contributed by atoms with Gasteiger partial charge in [0.1, 0.15) is 0 Å². The zero-order valence-corrected chi connectivity index (χ0v) is 14.5. The highest BCUT2D eigenvalue weighted by Gasteiger charge is 2.20. The normalized spacial score (nSPS) is 11.6. The quantitative estimate of drug-likeness (QED) is 0.814. The highest BCUT2D eigenvalue weighted by molar-refractivity contribution is 5.93. The van der Waals surface area contributed by atoms with Crippen LogP contribution in [0.2, 0.25) is 0 Å². The Kier molecular flexibility index (Phi) is 6.13. The zero-order valence-electron chi connectivity index (χ0n) is 14.5. The Bertz CT molecular complexity index is 671. The predicted molar refractivity (Wildman–Crippen MR) is 96.7 cm³/mol. The average molecular weight is 324 g/mol. The lowest BCUT2D eigenvalue weighted by molar-refractivity contribution is -0.131. The summed E-state index contributed by atoms with van der Waals surface area (Å²) in [6, 6.07) is 19.3. The molecule has 4 heteroatoms. The molecule has 24 heavy (non-hydrogen) atoms. The molecule has 126 valence electrons. The molecule has 0 heterocycles. The van der Waals surface area contributed by atoms with Gasteiger partial charge in [0, 0.05) is 32.6 Å². The third-order valence-corrected chi connectivity index (χ3v) is 4.24. The number of nitrogens with zero attached hydrogens (tertiary/aromatic N) is 2. The van der Waals surface area contributed by atoms with E-state index in [9.17, 15) is 9.59 Å². The number of benzene rings is 2. The van der Waals surface area contributed by atoms with Crippen LogP contribution in [0, 0.1) is 0 Å². The van der Waals surface area contributed by atoms with Gasteiger partial charge in [0.25, 0.3) is 0 Å². The number of para-hydroxylation sites is 1. The van der Waals surface area contributed by atoms with Gasteiger partial charge in [0.2, 0.25) is 11.8 Å². The van der Waals surface area contributed by atoms with Crippen LogP contribution in [0.1, 0.15) is 31.9 Å². The van der Waals surface area contributed by atoms with Crippen LogP contribution in [-0.4, -0.2) is 30.3 Å². The number of carbonyl (C=O) groups excluding carboxylic acids is 2. The fourth-order valence-corrected chi connectivity index (χ4v) is 2.71. The third kappa shape index (κ3) is 4.44. The maximum Gasteiger partial charge on any atom is 0.228 e. The molecule has 4 nitrogen and oxygen atoms in total. The Morgan fingerprint density at radius 2 is 1.50 bits per heavy atom. The molecule has 0 radical (unpaired) electrons. The summed E-state index contributed by atoms with van der Waals surface area (Å²) in [4.78, 5) is 27.8. The van der Waals surface area contributed by atoms with E-state index >= 15 is 0 Å². The van der Waals surface area contributed by atoms with Gasteiger partial charge in [0.05, 0.1) is 6.04 Å². The molecule has 0 N–H and O–H groups in total. The number of amides is 2. The van der Waals surface area contributed by atoms with Crippen LogP contribution >= 0.6 is 0 Å². The molecule has 0 fully saturated rings.